The Bertz CT molecular complexity index is 1140. The number of carbonyl (C=O) groups excluding carboxylic acids is 1. The van der Waals surface area contributed by atoms with E-state index in [1.165, 1.54) is 29.5 Å². The smallest absolute Gasteiger partial charge is 0.174 e. The summed E-state index contributed by atoms with van der Waals surface area (Å²) in [5.41, 5.74) is 3.11. The van der Waals surface area contributed by atoms with Crippen LogP contribution in [0.15, 0.2) is 42.5 Å². The normalized spacial score (nSPS) is 32.8. The summed E-state index contributed by atoms with van der Waals surface area (Å²) >= 11 is 0. The topological polar surface area (TPSA) is 48.0 Å². The highest BCUT2D eigenvalue weighted by atomic mass is 16.5. The van der Waals surface area contributed by atoms with Gasteiger partial charge in [0.2, 0.25) is 0 Å². The third-order valence-electron chi connectivity index (χ3n) is 9.54. The van der Waals surface area contributed by atoms with Crippen molar-refractivity contribution in [3.63, 3.8) is 0 Å². The number of ether oxygens (including phenoxy) is 3. The lowest BCUT2D eigenvalue weighted by Gasteiger charge is -2.64. The fraction of sp³-hybridized carbons (Fsp3) is 0.567. The zero-order chi connectivity index (χ0) is 23.6. The molecule has 2 aromatic rings. The van der Waals surface area contributed by atoms with Crippen LogP contribution in [0.2, 0.25) is 0 Å². The van der Waals surface area contributed by atoms with E-state index in [9.17, 15) is 4.79 Å². The van der Waals surface area contributed by atoms with E-state index in [0.29, 0.717) is 19.1 Å². The van der Waals surface area contributed by atoms with E-state index in [-0.39, 0.29) is 11.4 Å². The number of hydrogen-bond acceptors (Lipinski definition) is 5. The van der Waals surface area contributed by atoms with Gasteiger partial charge < -0.3 is 14.2 Å². The molecule has 3 fully saturated rings. The van der Waals surface area contributed by atoms with Gasteiger partial charge in [-0.25, -0.2) is 0 Å². The molecule has 0 radical (unpaired) electrons. The van der Waals surface area contributed by atoms with Gasteiger partial charge in [-0.15, -0.1) is 0 Å². The van der Waals surface area contributed by atoms with Crippen LogP contribution in [0.1, 0.15) is 55.2 Å². The monoisotopic (exact) mass is 473 g/mol. The number of rotatable bonds is 8. The molecule has 5 nitrogen and oxygen atoms in total. The van der Waals surface area contributed by atoms with Crippen molar-refractivity contribution in [3.05, 3.63) is 59.2 Å². The first-order valence-electron chi connectivity index (χ1n) is 13.5. The molecule has 5 aliphatic rings. The number of benzene rings is 2. The van der Waals surface area contributed by atoms with Crippen LogP contribution in [0.4, 0.5) is 0 Å². The van der Waals surface area contributed by atoms with Crippen LogP contribution in [0.5, 0.6) is 11.5 Å². The number of carbonyl (C=O) groups is 1. The van der Waals surface area contributed by atoms with Crippen molar-refractivity contribution in [1.29, 1.82) is 0 Å². The van der Waals surface area contributed by atoms with Gasteiger partial charge in [0.05, 0.1) is 18.1 Å². The summed E-state index contributed by atoms with van der Waals surface area (Å²) in [6, 6.07) is 15.2. The molecule has 2 saturated carbocycles. The number of nitrogens with zero attached hydrogens (tertiary/aromatic N) is 1. The van der Waals surface area contributed by atoms with Crippen LogP contribution < -0.4 is 9.47 Å². The summed E-state index contributed by atoms with van der Waals surface area (Å²) in [5.74, 6) is 2.61. The van der Waals surface area contributed by atoms with Gasteiger partial charge in [-0.2, -0.15) is 0 Å². The van der Waals surface area contributed by atoms with E-state index in [0.717, 1.165) is 62.6 Å². The van der Waals surface area contributed by atoms with Crippen molar-refractivity contribution in [3.8, 4) is 11.5 Å². The molecule has 2 aromatic carbocycles. The fourth-order valence-electron chi connectivity index (χ4n) is 7.86. The summed E-state index contributed by atoms with van der Waals surface area (Å²) in [6.07, 6.45) is 7.43. The first-order chi connectivity index (χ1) is 17.2. The van der Waals surface area contributed by atoms with Crippen molar-refractivity contribution in [2.75, 3.05) is 26.8 Å². The molecular weight excluding hydrogens is 438 g/mol. The molecule has 2 bridgehead atoms. The molecule has 7 rings (SSSR count). The van der Waals surface area contributed by atoms with Crippen LogP contribution in [0, 0.1) is 5.92 Å². The van der Waals surface area contributed by atoms with Gasteiger partial charge in [-0.3, -0.25) is 9.69 Å². The number of Topliss-reactive ketones (excluding diaryl/α,β-unsaturated/α-hetero) is 1. The standard InChI is InChI=1S/C30H35NO4/c1-33-24-12-11-22-18-25-30(34-17-5-8-20-6-3-2-4-7-20)14-13-23(32)28-29(30,26(22)27(24)35-28)15-16-31(25)19-21-9-10-21/h2-4,6-7,11-12,21,25,28H,5,8-10,13-19H2,1H3/t25-,28+,29+,30-/m1/s1. The molecule has 0 N–H and O–H groups in total. The summed E-state index contributed by atoms with van der Waals surface area (Å²) < 4.78 is 19.4. The second-order valence-corrected chi connectivity index (χ2v) is 11.3. The fourth-order valence-corrected chi connectivity index (χ4v) is 7.86. The number of methoxy groups -OCH3 is 1. The van der Waals surface area contributed by atoms with Crippen LogP contribution >= 0.6 is 0 Å². The minimum absolute atomic E-state index is 0.231. The molecule has 2 heterocycles. The lowest BCUT2D eigenvalue weighted by atomic mass is 9.48. The molecule has 1 spiro atoms. The SMILES string of the molecule is COc1ccc2c3c1O[C@H]1C(=O)CC[C@@]4(OCCCc5ccccc5)[C@@H](C2)N(CC2CC2)CC[C@]314. The molecule has 0 amide bonds. The third kappa shape index (κ3) is 3.10. The Morgan fingerprint density at radius 1 is 1.11 bits per heavy atom. The molecule has 5 heteroatoms. The Kier molecular flexibility index (Phi) is 5.05. The van der Waals surface area contributed by atoms with Crippen molar-refractivity contribution in [1.82, 2.24) is 4.90 Å². The molecule has 0 aromatic heterocycles. The van der Waals surface area contributed by atoms with Crippen LogP contribution in [-0.4, -0.2) is 55.2 Å². The van der Waals surface area contributed by atoms with Gasteiger partial charge in [0.15, 0.2) is 23.4 Å². The average Bonchev–Trinajstić information content (AvgIpc) is 3.63. The highest BCUT2D eigenvalue weighted by molar-refractivity contribution is 5.90. The van der Waals surface area contributed by atoms with Crippen LogP contribution in [0.25, 0.3) is 0 Å². The number of ketones is 1. The summed E-state index contributed by atoms with van der Waals surface area (Å²) in [4.78, 5) is 16.1. The van der Waals surface area contributed by atoms with Crippen molar-refractivity contribution in [2.45, 2.75) is 74.5 Å². The van der Waals surface area contributed by atoms with Gasteiger partial charge >= 0.3 is 0 Å². The van der Waals surface area contributed by atoms with Crippen molar-refractivity contribution >= 4 is 5.78 Å². The Morgan fingerprint density at radius 2 is 1.97 bits per heavy atom. The highest BCUT2D eigenvalue weighted by Gasteiger charge is 2.74. The quantitative estimate of drug-likeness (QED) is 0.529. The van der Waals surface area contributed by atoms with Crippen LogP contribution in [0.3, 0.4) is 0 Å². The zero-order valence-corrected chi connectivity index (χ0v) is 20.6. The van der Waals surface area contributed by atoms with E-state index < -0.39 is 11.5 Å². The van der Waals surface area contributed by atoms with Gasteiger partial charge in [0.1, 0.15) is 0 Å². The number of aryl methyl sites for hydroxylation is 1. The van der Waals surface area contributed by atoms with Gasteiger partial charge in [0, 0.05) is 31.2 Å². The molecule has 2 aliphatic heterocycles. The molecule has 35 heavy (non-hydrogen) atoms. The second kappa shape index (κ2) is 8.07. The Morgan fingerprint density at radius 3 is 2.77 bits per heavy atom. The Hall–Kier alpha value is -2.37. The van der Waals surface area contributed by atoms with E-state index in [2.05, 4.69) is 41.3 Å². The minimum Gasteiger partial charge on any atom is -0.493 e. The Labute approximate surface area is 207 Å². The average molecular weight is 474 g/mol. The zero-order valence-electron chi connectivity index (χ0n) is 20.6. The van der Waals surface area contributed by atoms with E-state index in [1.54, 1.807) is 7.11 Å². The molecule has 4 atom stereocenters. The van der Waals surface area contributed by atoms with Crippen LogP contribution in [-0.2, 0) is 27.8 Å². The second-order valence-electron chi connectivity index (χ2n) is 11.3. The van der Waals surface area contributed by atoms with Crippen molar-refractivity contribution < 1.29 is 19.0 Å². The largest absolute Gasteiger partial charge is 0.493 e. The maximum absolute atomic E-state index is 13.4. The Balaban J connectivity index is 1.29. The van der Waals surface area contributed by atoms with Crippen molar-refractivity contribution in [2.24, 2.45) is 5.92 Å². The molecule has 3 aliphatic carbocycles. The number of likely N-dealkylation sites (tertiary alicyclic amines) is 1. The predicted octanol–water partition coefficient (Wildman–Crippen LogP) is 4.49. The van der Waals surface area contributed by atoms with Gasteiger partial charge in [-0.1, -0.05) is 36.4 Å². The number of hydrogen-bond donors (Lipinski definition) is 0. The van der Waals surface area contributed by atoms with E-state index in [1.807, 2.05) is 6.07 Å². The molecular formula is C30H35NO4. The number of piperidine rings is 1. The lowest BCUT2D eigenvalue weighted by Crippen LogP contribution is -2.77. The molecule has 1 saturated heterocycles. The van der Waals surface area contributed by atoms with Gasteiger partial charge in [0.25, 0.3) is 0 Å². The first kappa shape index (κ1) is 21.9. The third-order valence-corrected chi connectivity index (χ3v) is 9.54. The molecule has 184 valence electrons. The lowest BCUT2D eigenvalue weighted by molar-refractivity contribution is -0.213. The van der Waals surface area contributed by atoms with E-state index in [4.69, 9.17) is 14.2 Å². The first-order valence-corrected chi connectivity index (χ1v) is 13.5. The minimum atomic E-state index is -0.457. The summed E-state index contributed by atoms with van der Waals surface area (Å²) in [6.45, 7) is 2.88. The van der Waals surface area contributed by atoms with E-state index >= 15 is 0 Å². The maximum Gasteiger partial charge on any atom is 0.174 e. The maximum atomic E-state index is 13.4. The summed E-state index contributed by atoms with van der Waals surface area (Å²) in [5, 5.41) is 0. The van der Waals surface area contributed by atoms with Gasteiger partial charge in [-0.05, 0) is 74.6 Å². The predicted molar refractivity (Wildman–Crippen MR) is 133 cm³/mol. The molecule has 0 unspecified atom stereocenters. The summed E-state index contributed by atoms with van der Waals surface area (Å²) in [7, 11) is 1.69. The highest BCUT2D eigenvalue weighted by Crippen LogP contribution is 2.66.